The van der Waals surface area contributed by atoms with Gasteiger partial charge in [0.15, 0.2) is 11.5 Å². The van der Waals surface area contributed by atoms with Gasteiger partial charge < -0.3 is 20.4 Å². The predicted molar refractivity (Wildman–Crippen MR) is 114 cm³/mol. The maximum absolute atomic E-state index is 12.7. The molecule has 172 valence electrons. The van der Waals surface area contributed by atoms with E-state index >= 15 is 0 Å². The fourth-order valence-electron chi connectivity index (χ4n) is 4.05. The van der Waals surface area contributed by atoms with Gasteiger partial charge in [0.1, 0.15) is 17.5 Å². The third-order valence-electron chi connectivity index (χ3n) is 6.09. The molecular formula is C20H25F3N8O. The zero-order valence-corrected chi connectivity index (χ0v) is 18.2. The minimum absolute atomic E-state index is 0.0638. The van der Waals surface area contributed by atoms with Crippen molar-refractivity contribution < 1.29 is 18.0 Å². The number of aryl methyl sites for hydroxylation is 1. The number of aromatic nitrogens is 4. The van der Waals surface area contributed by atoms with E-state index in [0.29, 0.717) is 35.4 Å². The van der Waals surface area contributed by atoms with Crippen molar-refractivity contribution in [2.24, 2.45) is 0 Å². The van der Waals surface area contributed by atoms with Crippen molar-refractivity contribution in [1.29, 1.82) is 0 Å². The van der Waals surface area contributed by atoms with Gasteiger partial charge in [-0.2, -0.15) is 18.2 Å². The Labute approximate surface area is 183 Å². The van der Waals surface area contributed by atoms with Gasteiger partial charge in [0, 0.05) is 26.2 Å². The summed E-state index contributed by atoms with van der Waals surface area (Å²) in [5, 5.41) is 6.22. The molecule has 0 saturated heterocycles. The number of nitrogens with one attached hydrogen (secondary N) is 2. The highest BCUT2D eigenvalue weighted by Crippen LogP contribution is 2.35. The molecule has 12 heteroatoms. The summed E-state index contributed by atoms with van der Waals surface area (Å²) < 4.78 is 38.0. The Morgan fingerprint density at radius 3 is 2.56 bits per heavy atom. The zero-order chi connectivity index (χ0) is 23.2. The lowest BCUT2D eigenvalue weighted by Crippen LogP contribution is -2.49. The maximum atomic E-state index is 12.7. The number of carbonyl (C=O) groups excluding carboxylic acids is 1. The second kappa shape index (κ2) is 8.06. The molecule has 2 aliphatic rings. The lowest BCUT2D eigenvalue weighted by Gasteiger charge is -2.42. The Morgan fingerprint density at radius 2 is 1.97 bits per heavy atom. The number of likely N-dealkylation sites (N-methyl/N-ethyl adjacent to an activating group) is 1. The number of nitrogens with zero attached hydrogens (tertiary/aromatic N) is 6. The maximum Gasteiger partial charge on any atom is 0.434 e. The average Bonchev–Trinajstić information content (AvgIpc) is 2.71. The number of carbonyl (C=O) groups is 1. The van der Waals surface area contributed by atoms with Crippen LogP contribution in [0.25, 0.3) is 0 Å². The molecule has 1 saturated carbocycles. The first-order valence-corrected chi connectivity index (χ1v) is 10.4. The van der Waals surface area contributed by atoms with Crippen LogP contribution in [0.4, 0.5) is 36.4 Å². The molecule has 9 nitrogen and oxygen atoms in total. The van der Waals surface area contributed by atoms with Gasteiger partial charge in [0.25, 0.3) is 0 Å². The summed E-state index contributed by atoms with van der Waals surface area (Å²) in [4.78, 5) is 32.4. The monoisotopic (exact) mass is 450 g/mol. The van der Waals surface area contributed by atoms with Crippen LogP contribution in [0.15, 0.2) is 12.4 Å². The van der Waals surface area contributed by atoms with Crippen LogP contribution in [-0.4, -0.2) is 58.1 Å². The van der Waals surface area contributed by atoms with Crippen LogP contribution < -0.4 is 20.4 Å². The first-order chi connectivity index (χ1) is 15.1. The molecule has 0 radical (unpaired) electrons. The van der Waals surface area contributed by atoms with Crippen molar-refractivity contribution in [3.8, 4) is 0 Å². The molecule has 0 unspecified atom stereocenters. The fraction of sp³-hybridized carbons (Fsp3) is 0.550. The SMILES string of the molecule is CC[C@H]1C(=O)Nc2c(C)nc(NC3CC(N(C)c4cnc(C(F)(F)F)cn4)C3)nc2N1C. The van der Waals surface area contributed by atoms with Gasteiger partial charge in [-0.1, -0.05) is 6.92 Å². The number of anilines is 4. The Balaban J connectivity index is 1.40. The van der Waals surface area contributed by atoms with Gasteiger partial charge in [0.2, 0.25) is 11.9 Å². The van der Waals surface area contributed by atoms with Crippen LogP contribution in [0, 0.1) is 6.92 Å². The lowest BCUT2D eigenvalue weighted by molar-refractivity contribution is -0.141. The Kier molecular flexibility index (Phi) is 5.55. The topological polar surface area (TPSA) is 99.2 Å². The van der Waals surface area contributed by atoms with E-state index in [4.69, 9.17) is 0 Å². The summed E-state index contributed by atoms with van der Waals surface area (Å²) in [7, 11) is 3.64. The summed E-state index contributed by atoms with van der Waals surface area (Å²) >= 11 is 0. The third-order valence-corrected chi connectivity index (χ3v) is 6.09. The molecule has 1 atom stereocenters. The molecule has 32 heavy (non-hydrogen) atoms. The minimum atomic E-state index is -4.50. The molecule has 2 N–H and O–H groups in total. The number of rotatable bonds is 5. The first-order valence-electron chi connectivity index (χ1n) is 10.4. The standard InChI is InChI=1S/C20H25F3N8O/c1-5-13-18(32)28-16-10(2)26-19(29-17(16)31(13)4)27-11-6-12(7-11)30(3)15-9-24-14(8-25-15)20(21,22)23/h8-9,11-13H,5-7H2,1-4H3,(H,28,32)(H,26,27,29)/t11?,12?,13-/m0/s1. The normalized spacial score (nSPS) is 22.7. The average molecular weight is 450 g/mol. The van der Waals surface area contributed by atoms with E-state index in [9.17, 15) is 18.0 Å². The molecule has 2 aromatic rings. The molecular weight excluding hydrogens is 425 g/mol. The quantitative estimate of drug-likeness (QED) is 0.718. The van der Waals surface area contributed by atoms with Crippen molar-refractivity contribution in [2.45, 2.75) is 57.4 Å². The Bertz CT molecular complexity index is 1010. The van der Waals surface area contributed by atoms with E-state index in [1.54, 1.807) is 7.05 Å². The summed E-state index contributed by atoms with van der Waals surface area (Å²) in [5.74, 6) is 1.50. The van der Waals surface area contributed by atoms with Crippen LogP contribution >= 0.6 is 0 Å². The minimum Gasteiger partial charge on any atom is -0.355 e. The number of amides is 1. The van der Waals surface area contributed by atoms with Crippen molar-refractivity contribution >= 4 is 29.2 Å². The van der Waals surface area contributed by atoms with E-state index in [1.807, 2.05) is 30.7 Å². The summed E-state index contributed by atoms with van der Waals surface area (Å²) in [5.41, 5.74) is 0.300. The van der Waals surface area contributed by atoms with Crippen molar-refractivity contribution in [2.75, 3.05) is 34.5 Å². The Hall–Kier alpha value is -3.18. The highest BCUT2D eigenvalue weighted by molar-refractivity contribution is 6.03. The van der Waals surface area contributed by atoms with E-state index in [-0.39, 0.29) is 24.0 Å². The van der Waals surface area contributed by atoms with Crippen LogP contribution in [-0.2, 0) is 11.0 Å². The summed E-state index contributed by atoms with van der Waals surface area (Å²) in [6.07, 6.45) is -0.435. The molecule has 4 rings (SSSR count). The summed E-state index contributed by atoms with van der Waals surface area (Å²) in [6, 6.07) is -0.0484. The molecule has 1 amide bonds. The van der Waals surface area contributed by atoms with E-state index < -0.39 is 11.9 Å². The largest absolute Gasteiger partial charge is 0.434 e. The summed E-state index contributed by atoms with van der Waals surface area (Å²) in [6.45, 7) is 3.78. The third kappa shape index (κ3) is 4.00. The van der Waals surface area contributed by atoms with Crippen molar-refractivity contribution in [3.05, 3.63) is 23.8 Å². The molecule has 2 aromatic heterocycles. The van der Waals surface area contributed by atoms with Gasteiger partial charge in [-0.3, -0.25) is 4.79 Å². The fourth-order valence-corrected chi connectivity index (χ4v) is 4.05. The molecule has 0 bridgehead atoms. The van der Waals surface area contributed by atoms with Gasteiger partial charge in [0.05, 0.1) is 18.1 Å². The number of alkyl halides is 3. The molecule has 1 aliphatic carbocycles. The number of halogens is 3. The van der Waals surface area contributed by atoms with Gasteiger partial charge in [-0.15, -0.1) is 0 Å². The predicted octanol–water partition coefficient (Wildman–Crippen LogP) is 2.84. The zero-order valence-electron chi connectivity index (χ0n) is 18.2. The molecule has 0 aromatic carbocycles. The van der Waals surface area contributed by atoms with E-state index in [1.165, 1.54) is 0 Å². The first kappa shape index (κ1) is 22.0. The molecule has 3 heterocycles. The van der Waals surface area contributed by atoms with Gasteiger partial charge in [-0.05, 0) is 26.2 Å². The molecule has 1 fully saturated rings. The highest BCUT2D eigenvalue weighted by Gasteiger charge is 2.36. The van der Waals surface area contributed by atoms with Crippen LogP contribution in [0.5, 0.6) is 0 Å². The lowest BCUT2D eigenvalue weighted by atomic mass is 9.86. The second-order valence-electron chi connectivity index (χ2n) is 8.19. The van der Waals surface area contributed by atoms with Crippen LogP contribution in [0.3, 0.4) is 0 Å². The number of fused-ring (bicyclic) bond motifs is 1. The van der Waals surface area contributed by atoms with Gasteiger partial charge in [-0.25, -0.2) is 15.0 Å². The van der Waals surface area contributed by atoms with E-state index in [0.717, 1.165) is 25.2 Å². The second-order valence-corrected chi connectivity index (χ2v) is 8.19. The number of hydrogen-bond acceptors (Lipinski definition) is 8. The van der Waals surface area contributed by atoms with Crippen molar-refractivity contribution in [1.82, 2.24) is 19.9 Å². The van der Waals surface area contributed by atoms with Crippen LogP contribution in [0.2, 0.25) is 0 Å². The van der Waals surface area contributed by atoms with Crippen molar-refractivity contribution in [3.63, 3.8) is 0 Å². The van der Waals surface area contributed by atoms with E-state index in [2.05, 4.69) is 30.6 Å². The smallest absolute Gasteiger partial charge is 0.355 e. The highest BCUT2D eigenvalue weighted by atomic mass is 19.4. The van der Waals surface area contributed by atoms with Gasteiger partial charge >= 0.3 is 6.18 Å². The number of hydrogen-bond donors (Lipinski definition) is 2. The molecule has 0 spiro atoms. The molecule has 1 aliphatic heterocycles. The Morgan fingerprint density at radius 1 is 1.25 bits per heavy atom. The van der Waals surface area contributed by atoms with Crippen LogP contribution in [0.1, 0.15) is 37.6 Å².